The zero-order valence-corrected chi connectivity index (χ0v) is 11.0. The Hall–Kier alpha value is -0.820. The van der Waals surface area contributed by atoms with Crippen LogP contribution in [0.15, 0.2) is 22.7 Å². The minimum atomic E-state index is -4.26. The molecular weight excluding hydrogens is 341 g/mol. The van der Waals surface area contributed by atoms with E-state index in [1.54, 1.807) is 5.32 Å². The summed E-state index contributed by atoms with van der Waals surface area (Å²) in [5.41, 5.74) is -0.000517. The summed E-state index contributed by atoms with van der Waals surface area (Å²) in [7, 11) is 0. The Kier molecular flexibility index (Phi) is 4.98. The molecule has 0 fully saturated rings. The number of carbonyl (C=O) groups is 1. The lowest BCUT2D eigenvalue weighted by atomic mass is 10.2. The molecule has 0 bridgehead atoms. The van der Waals surface area contributed by atoms with E-state index in [9.17, 15) is 22.4 Å². The fourth-order valence-corrected chi connectivity index (χ4v) is 1.92. The summed E-state index contributed by atoms with van der Waals surface area (Å²) in [6.45, 7) is -1.44. The first-order chi connectivity index (χ1) is 8.22. The van der Waals surface area contributed by atoms with Gasteiger partial charge in [0.25, 0.3) is 5.91 Å². The highest BCUT2D eigenvalue weighted by Gasteiger charge is 2.40. The van der Waals surface area contributed by atoms with Crippen LogP contribution in [-0.2, 0) is 0 Å². The molecule has 0 aromatic heterocycles. The van der Waals surface area contributed by atoms with Gasteiger partial charge in [-0.25, -0.2) is 8.78 Å². The van der Waals surface area contributed by atoms with Crippen LogP contribution in [0.25, 0.3) is 0 Å². The van der Waals surface area contributed by atoms with Crippen molar-refractivity contribution < 1.29 is 22.4 Å². The Labute approximate surface area is 113 Å². The lowest BCUT2D eigenvalue weighted by Crippen LogP contribution is -2.41. The number of amides is 1. The van der Waals surface area contributed by atoms with Gasteiger partial charge in [-0.3, -0.25) is 4.79 Å². The van der Waals surface area contributed by atoms with E-state index in [0.717, 1.165) is 0 Å². The van der Waals surface area contributed by atoms with Crippen LogP contribution in [0.3, 0.4) is 0 Å². The monoisotopic (exact) mass is 347 g/mol. The van der Waals surface area contributed by atoms with Crippen LogP contribution < -0.4 is 5.32 Å². The van der Waals surface area contributed by atoms with Gasteiger partial charge in [-0.05, 0) is 18.2 Å². The summed E-state index contributed by atoms with van der Waals surface area (Å²) < 4.78 is 49.4. The van der Waals surface area contributed by atoms with E-state index in [4.69, 9.17) is 11.6 Å². The van der Waals surface area contributed by atoms with Crippen LogP contribution in [0.4, 0.5) is 17.6 Å². The smallest absolute Gasteiger partial charge is 0.324 e. The van der Waals surface area contributed by atoms with E-state index >= 15 is 0 Å². The molecular formula is C10H7BrClF4NO. The van der Waals surface area contributed by atoms with Gasteiger partial charge in [-0.15, -0.1) is 0 Å². The van der Waals surface area contributed by atoms with Gasteiger partial charge in [0.05, 0.1) is 6.54 Å². The molecule has 0 unspecified atom stereocenters. The van der Waals surface area contributed by atoms with Gasteiger partial charge < -0.3 is 5.32 Å². The SMILES string of the molecule is O=C(NCC(F)(F)C(F)F)c1cc(Cl)cc(Br)c1. The maximum atomic E-state index is 12.6. The number of rotatable bonds is 4. The van der Waals surface area contributed by atoms with Gasteiger partial charge in [-0.1, -0.05) is 27.5 Å². The first-order valence-corrected chi connectivity index (χ1v) is 5.80. The van der Waals surface area contributed by atoms with Crippen LogP contribution in [0.2, 0.25) is 5.02 Å². The third kappa shape index (κ3) is 4.13. The van der Waals surface area contributed by atoms with Crippen LogP contribution in [0, 0.1) is 0 Å². The highest BCUT2D eigenvalue weighted by Crippen LogP contribution is 2.22. The van der Waals surface area contributed by atoms with Crippen LogP contribution in [0.5, 0.6) is 0 Å². The summed E-state index contributed by atoms with van der Waals surface area (Å²) in [6, 6.07) is 4.07. The molecule has 1 aromatic carbocycles. The Bertz CT molecular complexity index is 435. The minimum absolute atomic E-state index is 0.000517. The summed E-state index contributed by atoms with van der Waals surface area (Å²) >= 11 is 8.72. The summed E-state index contributed by atoms with van der Waals surface area (Å²) in [5, 5.41) is 1.94. The van der Waals surface area contributed by atoms with Crippen molar-refractivity contribution in [3.8, 4) is 0 Å². The molecule has 100 valence electrons. The van der Waals surface area contributed by atoms with Gasteiger partial charge in [-0.2, -0.15) is 8.78 Å². The third-order valence-electron chi connectivity index (χ3n) is 1.93. The average Bonchev–Trinajstić information content (AvgIpc) is 2.24. The van der Waals surface area contributed by atoms with E-state index in [0.29, 0.717) is 4.47 Å². The number of hydrogen-bond acceptors (Lipinski definition) is 1. The van der Waals surface area contributed by atoms with E-state index < -0.39 is 24.8 Å². The Morgan fingerprint density at radius 3 is 2.50 bits per heavy atom. The van der Waals surface area contributed by atoms with Gasteiger partial charge in [0.2, 0.25) is 0 Å². The van der Waals surface area contributed by atoms with Gasteiger partial charge in [0.1, 0.15) is 0 Å². The zero-order valence-electron chi connectivity index (χ0n) is 8.69. The average molecular weight is 349 g/mol. The molecule has 1 aromatic rings. The van der Waals surface area contributed by atoms with Gasteiger partial charge in [0.15, 0.2) is 0 Å². The molecule has 0 atom stereocenters. The second kappa shape index (κ2) is 5.88. The van der Waals surface area contributed by atoms with Crippen molar-refractivity contribution in [1.29, 1.82) is 0 Å². The second-order valence-corrected chi connectivity index (χ2v) is 4.75. The van der Waals surface area contributed by atoms with E-state index in [1.165, 1.54) is 18.2 Å². The number of benzene rings is 1. The molecule has 0 saturated carbocycles. The van der Waals surface area contributed by atoms with Crippen molar-refractivity contribution in [3.05, 3.63) is 33.3 Å². The Balaban J connectivity index is 2.72. The highest BCUT2D eigenvalue weighted by molar-refractivity contribution is 9.10. The van der Waals surface area contributed by atoms with Crippen LogP contribution >= 0.6 is 27.5 Å². The minimum Gasteiger partial charge on any atom is -0.346 e. The Morgan fingerprint density at radius 1 is 1.39 bits per heavy atom. The zero-order chi connectivity index (χ0) is 13.9. The first kappa shape index (κ1) is 15.2. The van der Waals surface area contributed by atoms with E-state index in [2.05, 4.69) is 15.9 Å². The largest absolute Gasteiger partial charge is 0.346 e. The quantitative estimate of drug-likeness (QED) is 0.825. The second-order valence-electron chi connectivity index (χ2n) is 3.40. The number of nitrogens with one attached hydrogen (secondary N) is 1. The van der Waals surface area contributed by atoms with Gasteiger partial charge >= 0.3 is 12.3 Å². The molecule has 8 heteroatoms. The fourth-order valence-electron chi connectivity index (χ4n) is 1.06. The number of alkyl halides is 4. The van der Waals surface area contributed by atoms with E-state index in [-0.39, 0.29) is 10.6 Å². The number of halogens is 6. The molecule has 0 heterocycles. The third-order valence-corrected chi connectivity index (χ3v) is 2.60. The highest BCUT2D eigenvalue weighted by atomic mass is 79.9. The van der Waals surface area contributed by atoms with Crippen molar-refractivity contribution in [2.75, 3.05) is 6.54 Å². The molecule has 0 aliphatic heterocycles. The maximum Gasteiger partial charge on any atom is 0.324 e. The predicted molar refractivity (Wildman–Crippen MR) is 62.4 cm³/mol. The van der Waals surface area contributed by atoms with Crippen molar-refractivity contribution in [2.24, 2.45) is 0 Å². The van der Waals surface area contributed by atoms with Crippen molar-refractivity contribution in [3.63, 3.8) is 0 Å². The maximum absolute atomic E-state index is 12.6. The number of carbonyl (C=O) groups excluding carboxylic acids is 1. The van der Waals surface area contributed by atoms with Crippen molar-refractivity contribution in [1.82, 2.24) is 5.32 Å². The first-order valence-electron chi connectivity index (χ1n) is 4.62. The molecule has 0 radical (unpaired) electrons. The molecule has 0 saturated heterocycles. The summed E-state index contributed by atoms with van der Waals surface area (Å²) in [6.07, 6.45) is -3.83. The van der Waals surface area contributed by atoms with Crippen molar-refractivity contribution in [2.45, 2.75) is 12.3 Å². The summed E-state index contributed by atoms with van der Waals surface area (Å²) in [4.78, 5) is 11.4. The molecule has 0 aliphatic rings. The normalized spacial score (nSPS) is 11.7. The molecule has 0 aliphatic carbocycles. The Morgan fingerprint density at radius 2 is 2.00 bits per heavy atom. The van der Waals surface area contributed by atoms with Crippen molar-refractivity contribution >= 4 is 33.4 Å². The molecule has 1 rings (SSSR count). The van der Waals surface area contributed by atoms with Crippen LogP contribution in [-0.4, -0.2) is 24.8 Å². The van der Waals surface area contributed by atoms with Gasteiger partial charge in [0, 0.05) is 15.1 Å². The topological polar surface area (TPSA) is 29.1 Å². The number of hydrogen-bond donors (Lipinski definition) is 1. The predicted octanol–water partition coefficient (Wildman–Crippen LogP) is 3.73. The van der Waals surface area contributed by atoms with Crippen LogP contribution in [0.1, 0.15) is 10.4 Å². The lowest BCUT2D eigenvalue weighted by Gasteiger charge is -2.15. The molecule has 2 nitrogen and oxygen atoms in total. The molecule has 1 amide bonds. The molecule has 0 spiro atoms. The molecule has 18 heavy (non-hydrogen) atoms. The molecule has 1 N–H and O–H groups in total. The van der Waals surface area contributed by atoms with E-state index in [1.807, 2.05) is 0 Å². The fraction of sp³-hybridized carbons (Fsp3) is 0.300. The standard InChI is InChI=1S/C10H7BrClF4NO/c11-6-1-5(2-7(12)3-6)8(18)17-4-10(15,16)9(13)14/h1-3,9H,4H2,(H,17,18). The summed E-state index contributed by atoms with van der Waals surface area (Å²) in [5.74, 6) is -5.16. The lowest BCUT2D eigenvalue weighted by molar-refractivity contribution is -0.123.